The molecular formula is C18H19NO2. The van der Waals surface area contributed by atoms with Crippen molar-refractivity contribution < 1.29 is 9.53 Å². The van der Waals surface area contributed by atoms with Crippen LogP contribution in [0.2, 0.25) is 0 Å². The van der Waals surface area contributed by atoms with Crippen LogP contribution in [0.3, 0.4) is 0 Å². The molecule has 0 bridgehead atoms. The number of amides is 1. The zero-order valence-corrected chi connectivity index (χ0v) is 12.2. The number of benzene rings is 2. The van der Waals surface area contributed by atoms with Gasteiger partial charge in [0.1, 0.15) is 5.75 Å². The Bertz CT molecular complexity index is 607. The van der Waals surface area contributed by atoms with Gasteiger partial charge in [0, 0.05) is 13.0 Å². The van der Waals surface area contributed by atoms with Crippen LogP contribution >= 0.6 is 0 Å². The Hall–Kier alpha value is -2.29. The summed E-state index contributed by atoms with van der Waals surface area (Å²) in [6, 6.07) is 18.4. The van der Waals surface area contributed by atoms with Gasteiger partial charge in [0.25, 0.3) is 0 Å². The molecule has 3 heteroatoms. The van der Waals surface area contributed by atoms with Crippen LogP contribution in [0, 0.1) is 0 Å². The summed E-state index contributed by atoms with van der Waals surface area (Å²) in [5, 5.41) is 0. The fraction of sp³-hybridized carbons (Fsp3) is 0.278. The molecule has 1 heterocycles. The lowest BCUT2D eigenvalue weighted by molar-refractivity contribution is -0.129. The molecule has 1 aliphatic rings. The topological polar surface area (TPSA) is 29.5 Å². The van der Waals surface area contributed by atoms with Gasteiger partial charge in [-0.1, -0.05) is 42.5 Å². The summed E-state index contributed by atoms with van der Waals surface area (Å²) in [7, 11) is 1.66. The van der Waals surface area contributed by atoms with Crippen LogP contribution in [0.1, 0.15) is 30.0 Å². The monoisotopic (exact) mass is 281 g/mol. The highest BCUT2D eigenvalue weighted by Gasteiger charge is 2.31. The zero-order valence-electron chi connectivity index (χ0n) is 12.2. The van der Waals surface area contributed by atoms with Crippen molar-refractivity contribution in [3.05, 3.63) is 65.7 Å². The fourth-order valence-corrected chi connectivity index (χ4v) is 2.88. The molecule has 3 nitrogen and oxygen atoms in total. The highest BCUT2D eigenvalue weighted by Crippen LogP contribution is 2.34. The fourth-order valence-electron chi connectivity index (χ4n) is 2.88. The van der Waals surface area contributed by atoms with Crippen LogP contribution in [0.4, 0.5) is 0 Å². The molecule has 0 radical (unpaired) electrons. The Labute approximate surface area is 125 Å². The molecule has 0 N–H and O–H groups in total. The molecule has 2 aromatic rings. The lowest BCUT2D eigenvalue weighted by Crippen LogP contribution is -2.27. The third-order valence-corrected chi connectivity index (χ3v) is 4.02. The summed E-state index contributed by atoms with van der Waals surface area (Å²) < 4.78 is 5.17. The van der Waals surface area contributed by atoms with Gasteiger partial charge < -0.3 is 9.64 Å². The number of hydrogen-bond donors (Lipinski definition) is 0. The highest BCUT2D eigenvalue weighted by atomic mass is 16.5. The van der Waals surface area contributed by atoms with Crippen molar-refractivity contribution in [1.29, 1.82) is 0 Å². The Balaban J connectivity index is 1.79. The molecule has 3 rings (SSSR count). The first-order valence-corrected chi connectivity index (χ1v) is 7.25. The molecular weight excluding hydrogens is 262 g/mol. The van der Waals surface area contributed by atoms with E-state index >= 15 is 0 Å². The SMILES string of the molecule is COc1ccc(CN2C(=O)CCC2c2ccccc2)cc1. The molecule has 0 aliphatic carbocycles. The minimum Gasteiger partial charge on any atom is -0.497 e. The van der Waals surface area contributed by atoms with E-state index in [0.717, 1.165) is 17.7 Å². The van der Waals surface area contributed by atoms with E-state index in [0.29, 0.717) is 13.0 Å². The quantitative estimate of drug-likeness (QED) is 0.857. The van der Waals surface area contributed by atoms with Gasteiger partial charge in [0.05, 0.1) is 13.2 Å². The summed E-state index contributed by atoms with van der Waals surface area (Å²) in [5.74, 6) is 1.07. The van der Waals surface area contributed by atoms with Crippen molar-refractivity contribution in [2.24, 2.45) is 0 Å². The van der Waals surface area contributed by atoms with E-state index in [1.165, 1.54) is 5.56 Å². The van der Waals surface area contributed by atoms with Gasteiger partial charge in [0.2, 0.25) is 5.91 Å². The molecule has 0 aromatic heterocycles. The first-order chi connectivity index (χ1) is 10.3. The Morgan fingerprint density at radius 3 is 2.48 bits per heavy atom. The molecule has 1 aliphatic heterocycles. The smallest absolute Gasteiger partial charge is 0.223 e. The number of nitrogens with zero attached hydrogens (tertiary/aromatic N) is 1. The molecule has 1 amide bonds. The average Bonchev–Trinajstić information content (AvgIpc) is 2.90. The van der Waals surface area contributed by atoms with E-state index in [1.54, 1.807) is 7.11 Å². The largest absolute Gasteiger partial charge is 0.497 e. The molecule has 1 unspecified atom stereocenters. The van der Waals surface area contributed by atoms with E-state index in [-0.39, 0.29) is 11.9 Å². The third kappa shape index (κ3) is 2.92. The second kappa shape index (κ2) is 6.00. The van der Waals surface area contributed by atoms with Crippen molar-refractivity contribution in [1.82, 2.24) is 4.90 Å². The van der Waals surface area contributed by atoms with Crippen LogP contribution in [0.15, 0.2) is 54.6 Å². The first-order valence-electron chi connectivity index (χ1n) is 7.25. The third-order valence-electron chi connectivity index (χ3n) is 4.02. The van der Waals surface area contributed by atoms with Crippen LogP contribution in [-0.4, -0.2) is 17.9 Å². The van der Waals surface area contributed by atoms with Gasteiger partial charge in [-0.05, 0) is 29.7 Å². The van der Waals surface area contributed by atoms with Gasteiger partial charge in [-0.15, -0.1) is 0 Å². The van der Waals surface area contributed by atoms with Gasteiger partial charge in [0.15, 0.2) is 0 Å². The van der Waals surface area contributed by atoms with Gasteiger partial charge in [-0.3, -0.25) is 4.79 Å². The maximum Gasteiger partial charge on any atom is 0.223 e. The number of carbonyl (C=O) groups excluding carboxylic acids is 1. The molecule has 108 valence electrons. The van der Waals surface area contributed by atoms with E-state index in [4.69, 9.17) is 4.74 Å². The van der Waals surface area contributed by atoms with Crippen molar-refractivity contribution >= 4 is 5.91 Å². The van der Waals surface area contributed by atoms with Crippen LogP contribution in [0.25, 0.3) is 0 Å². The summed E-state index contributed by atoms with van der Waals surface area (Å²) in [5.41, 5.74) is 2.35. The lowest BCUT2D eigenvalue weighted by atomic mass is 10.0. The number of hydrogen-bond acceptors (Lipinski definition) is 2. The van der Waals surface area contributed by atoms with Crippen molar-refractivity contribution in [2.45, 2.75) is 25.4 Å². The predicted molar refractivity (Wildman–Crippen MR) is 82.0 cm³/mol. The molecule has 0 spiro atoms. The molecule has 0 saturated carbocycles. The zero-order chi connectivity index (χ0) is 14.7. The molecule has 1 atom stereocenters. The number of carbonyl (C=O) groups is 1. The second-order valence-electron chi connectivity index (χ2n) is 5.33. The maximum atomic E-state index is 12.2. The molecule has 1 fully saturated rings. The van der Waals surface area contributed by atoms with Gasteiger partial charge >= 0.3 is 0 Å². The molecule has 1 saturated heterocycles. The normalized spacial score (nSPS) is 18.0. The standard InChI is InChI=1S/C18H19NO2/c1-21-16-9-7-14(8-10-16)13-19-17(11-12-18(19)20)15-5-3-2-4-6-15/h2-10,17H,11-13H2,1H3. The lowest BCUT2D eigenvalue weighted by Gasteiger charge is -2.25. The first kappa shape index (κ1) is 13.7. The highest BCUT2D eigenvalue weighted by molar-refractivity contribution is 5.79. The van der Waals surface area contributed by atoms with Gasteiger partial charge in [-0.25, -0.2) is 0 Å². The minimum atomic E-state index is 0.195. The number of rotatable bonds is 4. The number of ether oxygens (including phenoxy) is 1. The predicted octanol–water partition coefficient (Wildman–Crippen LogP) is 3.56. The van der Waals surface area contributed by atoms with E-state index in [9.17, 15) is 4.79 Å². The Morgan fingerprint density at radius 1 is 1.10 bits per heavy atom. The summed E-state index contributed by atoms with van der Waals surface area (Å²) in [6.45, 7) is 0.655. The summed E-state index contributed by atoms with van der Waals surface area (Å²) in [4.78, 5) is 14.2. The van der Waals surface area contributed by atoms with Crippen LogP contribution in [0.5, 0.6) is 5.75 Å². The maximum absolute atomic E-state index is 12.2. The minimum absolute atomic E-state index is 0.195. The van der Waals surface area contributed by atoms with Crippen LogP contribution < -0.4 is 4.74 Å². The van der Waals surface area contributed by atoms with Crippen molar-refractivity contribution in [3.8, 4) is 5.75 Å². The summed E-state index contributed by atoms with van der Waals surface area (Å²) >= 11 is 0. The van der Waals surface area contributed by atoms with Gasteiger partial charge in [-0.2, -0.15) is 0 Å². The second-order valence-corrected chi connectivity index (χ2v) is 5.33. The molecule has 21 heavy (non-hydrogen) atoms. The summed E-state index contributed by atoms with van der Waals surface area (Å²) in [6.07, 6.45) is 1.54. The van der Waals surface area contributed by atoms with E-state index in [1.807, 2.05) is 47.4 Å². The van der Waals surface area contributed by atoms with Crippen molar-refractivity contribution in [2.75, 3.05) is 7.11 Å². The Morgan fingerprint density at radius 2 is 1.81 bits per heavy atom. The van der Waals surface area contributed by atoms with E-state index < -0.39 is 0 Å². The van der Waals surface area contributed by atoms with Crippen molar-refractivity contribution in [3.63, 3.8) is 0 Å². The number of likely N-dealkylation sites (tertiary alicyclic amines) is 1. The average molecular weight is 281 g/mol. The van der Waals surface area contributed by atoms with E-state index in [2.05, 4.69) is 12.1 Å². The molecule has 2 aromatic carbocycles. The van der Waals surface area contributed by atoms with Crippen LogP contribution in [-0.2, 0) is 11.3 Å². The Kier molecular flexibility index (Phi) is 3.91. The number of methoxy groups -OCH3 is 1.